The first kappa shape index (κ1) is 11.9. The Kier molecular flexibility index (Phi) is 3.63. The number of nitrogens with zero attached hydrogens (tertiary/aromatic N) is 2. The number of aryl methyl sites for hydroxylation is 1. The third-order valence-electron chi connectivity index (χ3n) is 2.33. The van der Waals surface area contributed by atoms with Gasteiger partial charge in [0, 0.05) is 12.7 Å². The van der Waals surface area contributed by atoms with Gasteiger partial charge in [0.25, 0.3) is 5.91 Å². The number of carbonyl (C=O) groups is 1. The van der Waals surface area contributed by atoms with Crippen LogP contribution >= 0.6 is 15.9 Å². The molecule has 0 unspecified atom stereocenters. The molecule has 0 saturated heterocycles. The molecule has 0 aliphatic rings. The van der Waals surface area contributed by atoms with E-state index in [0.29, 0.717) is 17.0 Å². The topological polar surface area (TPSA) is 60.1 Å². The minimum Gasteiger partial charge on any atom is -0.444 e. The van der Waals surface area contributed by atoms with Gasteiger partial charge in [-0.05, 0) is 41.1 Å². The van der Waals surface area contributed by atoms with Crippen LogP contribution in [-0.4, -0.2) is 15.7 Å². The summed E-state index contributed by atoms with van der Waals surface area (Å²) in [5.41, 5.74) is 0.964. The molecule has 1 N–H and O–H groups in total. The van der Waals surface area contributed by atoms with Crippen LogP contribution in [0.3, 0.4) is 0 Å². The Morgan fingerprint density at radius 3 is 3.00 bits per heavy atom. The second-order valence-corrected chi connectivity index (χ2v) is 4.21. The number of rotatable bonds is 4. The Morgan fingerprint density at radius 1 is 1.53 bits per heavy atom. The molecule has 2 aromatic rings. The molecule has 2 heterocycles. The van der Waals surface area contributed by atoms with Gasteiger partial charge in [0.15, 0.2) is 10.4 Å². The highest BCUT2D eigenvalue weighted by atomic mass is 79.9. The Labute approximate surface area is 107 Å². The first-order valence-corrected chi connectivity index (χ1v) is 6.04. The summed E-state index contributed by atoms with van der Waals surface area (Å²) in [5, 5.41) is 6.90. The Bertz CT molecular complexity index is 518. The molecule has 0 saturated carbocycles. The Morgan fingerprint density at radius 2 is 2.35 bits per heavy atom. The van der Waals surface area contributed by atoms with Crippen molar-refractivity contribution in [2.24, 2.45) is 0 Å². The molecule has 0 aliphatic heterocycles. The second-order valence-electron chi connectivity index (χ2n) is 3.42. The summed E-state index contributed by atoms with van der Waals surface area (Å²) in [7, 11) is 0. The molecule has 2 aromatic heterocycles. The van der Waals surface area contributed by atoms with Gasteiger partial charge in [0.05, 0.1) is 12.2 Å². The van der Waals surface area contributed by atoms with Gasteiger partial charge in [-0.3, -0.25) is 9.48 Å². The molecule has 0 aromatic carbocycles. The number of nitrogens with one attached hydrogen (secondary N) is 1. The van der Waals surface area contributed by atoms with Gasteiger partial charge in [0.1, 0.15) is 0 Å². The number of amides is 1. The normalized spacial score (nSPS) is 10.5. The monoisotopic (exact) mass is 297 g/mol. The zero-order valence-corrected chi connectivity index (χ0v) is 10.9. The van der Waals surface area contributed by atoms with Crippen LogP contribution in [-0.2, 0) is 13.1 Å². The summed E-state index contributed by atoms with van der Waals surface area (Å²) < 4.78 is 7.53. The van der Waals surface area contributed by atoms with Gasteiger partial charge in [-0.25, -0.2) is 0 Å². The van der Waals surface area contributed by atoms with Gasteiger partial charge in [-0.15, -0.1) is 0 Å². The maximum atomic E-state index is 11.7. The SMILES string of the molecule is CCn1nccc1CNC(=O)c1ccc(Br)o1. The van der Waals surface area contributed by atoms with Crippen LogP contribution in [0.5, 0.6) is 0 Å². The number of aromatic nitrogens is 2. The van der Waals surface area contributed by atoms with Gasteiger partial charge < -0.3 is 9.73 Å². The Balaban J connectivity index is 1.97. The van der Waals surface area contributed by atoms with E-state index in [2.05, 4.69) is 26.3 Å². The van der Waals surface area contributed by atoms with E-state index in [-0.39, 0.29) is 5.91 Å². The number of hydrogen-bond donors (Lipinski definition) is 1. The summed E-state index contributed by atoms with van der Waals surface area (Å²) in [5.74, 6) is 0.0546. The lowest BCUT2D eigenvalue weighted by Crippen LogP contribution is -2.23. The van der Waals surface area contributed by atoms with Crippen molar-refractivity contribution in [1.29, 1.82) is 0 Å². The minimum absolute atomic E-state index is 0.237. The number of furan rings is 1. The highest BCUT2D eigenvalue weighted by Crippen LogP contribution is 2.13. The maximum Gasteiger partial charge on any atom is 0.287 e. The molecular weight excluding hydrogens is 286 g/mol. The lowest BCUT2D eigenvalue weighted by Gasteiger charge is -2.05. The Hall–Kier alpha value is -1.56. The van der Waals surface area contributed by atoms with Gasteiger partial charge >= 0.3 is 0 Å². The molecule has 6 heteroatoms. The van der Waals surface area contributed by atoms with Crippen molar-refractivity contribution in [3.8, 4) is 0 Å². The number of halogens is 1. The van der Waals surface area contributed by atoms with E-state index < -0.39 is 0 Å². The van der Waals surface area contributed by atoms with Crippen LogP contribution in [0.2, 0.25) is 0 Å². The summed E-state index contributed by atoms with van der Waals surface area (Å²) in [6.45, 7) is 3.22. The molecule has 0 aliphatic carbocycles. The van der Waals surface area contributed by atoms with Crippen molar-refractivity contribution in [2.75, 3.05) is 0 Å². The fourth-order valence-electron chi connectivity index (χ4n) is 1.49. The quantitative estimate of drug-likeness (QED) is 0.941. The number of carbonyl (C=O) groups excluding carboxylic acids is 1. The lowest BCUT2D eigenvalue weighted by atomic mass is 10.4. The first-order valence-electron chi connectivity index (χ1n) is 5.25. The van der Waals surface area contributed by atoms with Crippen molar-refractivity contribution in [3.63, 3.8) is 0 Å². The van der Waals surface area contributed by atoms with E-state index in [4.69, 9.17) is 4.42 Å². The van der Waals surface area contributed by atoms with Gasteiger partial charge in [-0.2, -0.15) is 5.10 Å². The van der Waals surface area contributed by atoms with Crippen LogP contribution in [0.25, 0.3) is 0 Å². The molecule has 5 nitrogen and oxygen atoms in total. The summed E-state index contributed by atoms with van der Waals surface area (Å²) in [4.78, 5) is 11.7. The van der Waals surface area contributed by atoms with Crippen molar-refractivity contribution in [3.05, 3.63) is 40.5 Å². The van der Waals surface area contributed by atoms with Crippen LogP contribution in [0.15, 0.2) is 33.5 Å². The predicted octanol–water partition coefficient (Wildman–Crippen LogP) is 2.19. The van der Waals surface area contributed by atoms with Crippen LogP contribution in [0.1, 0.15) is 23.2 Å². The van der Waals surface area contributed by atoms with E-state index in [1.54, 1.807) is 18.3 Å². The highest BCUT2D eigenvalue weighted by Gasteiger charge is 2.10. The fraction of sp³-hybridized carbons (Fsp3) is 0.273. The molecule has 2 rings (SSSR count). The molecule has 0 atom stereocenters. The number of hydrogen-bond acceptors (Lipinski definition) is 3. The summed E-state index contributed by atoms with van der Waals surface area (Å²) >= 11 is 3.15. The van der Waals surface area contributed by atoms with E-state index in [0.717, 1.165) is 12.2 Å². The third-order valence-corrected chi connectivity index (χ3v) is 2.76. The molecule has 0 fully saturated rings. The molecular formula is C11H12BrN3O2. The van der Waals surface area contributed by atoms with Gasteiger partial charge in [0.2, 0.25) is 0 Å². The standard InChI is InChI=1S/C11H12BrN3O2/c1-2-15-8(5-6-14-15)7-13-11(16)9-3-4-10(12)17-9/h3-6H,2,7H2,1H3,(H,13,16). The largest absolute Gasteiger partial charge is 0.444 e. The van der Waals surface area contributed by atoms with Crippen molar-refractivity contribution >= 4 is 21.8 Å². The average molecular weight is 298 g/mol. The molecule has 0 radical (unpaired) electrons. The van der Waals surface area contributed by atoms with Crippen LogP contribution < -0.4 is 5.32 Å². The van der Waals surface area contributed by atoms with E-state index in [1.807, 2.05) is 17.7 Å². The predicted molar refractivity (Wildman–Crippen MR) is 65.5 cm³/mol. The van der Waals surface area contributed by atoms with E-state index in [9.17, 15) is 4.79 Å². The molecule has 90 valence electrons. The molecule has 1 amide bonds. The molecule has 0 spiro atoms. The first-order chi connectivity index (χ1) is 8.20. The second kappa shape index (κ2) is 5.18. The zero-order chi connectivity index (χ0) is 12.3. The summed E-state index contributed by atoms with van der Waals surface area (Å²) in [6, 6.07) is 5.18. The van der Waals surface area contributed by atoms with Gasteiger partial charge in [-0.1, -0.05) is 0 Å². The van der Waals surface area contributed by atoms with Crippen LogP contribution in [0.4, 0.5) is 0 Å². The maximum absolute atomic E-state index is 11.7. The van der Waals surface area contributed by atoms with Crippen molar-refractivity contribution in [2.45, 2.75) is 20.0 Å². The van der Waals surface area contributed by atoms with Crippen molar-refractivity contribution < 1.29 is 9.21 Å². The fourth-order valence-corrected chi connectivity index (χ4v) is 1.80. The summed E-state index contributed by atoms with van der Waals surface area (Å²) in [6.07, 6.45) is 1.72. The minimum atomic E-state index is -0.237. The van der Waals surface area contributed by atoms with Crippen LogP contribution in [0, 0.1) is 0 Å². The third kappa shape index (κ3) is 2.76. The lowest BCUT2D eigenvalue weighted by molar-refractivity contribution is 0.0921. The highest BCUT2D eigenvalue weighted by molar-refractivity contribution is 9.10. The molecule has 17 heavy (non-hydrogen) atoms. The van der Waals surface area contributed by atoms with E-state index in [1.165, 1.54) is 0 Å². The average Bonchev–Trinajstić information content (AvgIpc) is 2.94. The zero-order valence-electron chi connectivity index (χ0n) is 9.31. The van der Waals surface area contributed by atoms with Crippen molar-refractivity contribution in [1.82, 2.24) is 15.1 Å². The smallest absolute Gasteiger partial charge is 0.287 e. The van der Waals surface area contributed by atoms with E-state index >= 15 is 0 Å². The molecule has 0 bridgehead atoms.